The second kappa shape index (κ2) is 7.50. The topological polar surface area (TPSA) is 58.4 Å². The molecule has 1 aromatic carbocycles. The van der Waals surface area contributed by atoms with Crippen molar-refractivity contribution in [2.75, 3.05) is 18.8 Å². The van der Waals surface area contributed by atoms with Crippen LogP contribution in [0.4, 0.5) is 5.69 Å². The number of hydrogen-bond acceptors (Lipinski definition) is 3. The van der Waals surface area contributed by atoms with Crippen LogP contribution in [0.1, 0.15) is 38.1 Å². The molecular weight excluding hydrogens is 274 g/mol. The third-order valence-electron chi connectivity index (χ3n) is 3.24. The standard InChI is InChI=1S/C15H24ClN3O/c1-10(2)19(11(3)4)8-7-18-15(20)13-9-12(16)5-6-14(13)17/h5-6,9-11H,7-8,17H2,1-4H3,(H,18,20). The van der Waals surface area contributed by atoms with Crippen molar-refractivity contribution in [3.63, 3.8) is 0 Å². The summed E-state index contributed by atoms with van der Waals surface area (Å²) >= 11 is 5.88. The fourth-order valence-corrected chi connectivity index (χ4v) is 2.40. The Morgan fingerprint density at radius 2 is 1.90 bits per heavy atom. The SMILES string of the molecule is CC(C)N(CCNC(=O)c1cc(Cl)ccc1N)C(C)C. The van der Waals surface area contributed by atoms with Gasteiger partial charge in [0.05, 0.1) is 5.56 Å². The highest BCUT2D eigenvalue weighted by Crippen LogP contribution is 2.17. The van der Waals surface area contributed by atoms with Crippen LogP contribution >= 0.6 is 11.6 Å². The third-order valence-corrected chi connectivity index (χ3v) is 3.48. The van der Waals surface area contributed by atoms with Crippen molar-refractivity contribution in [3.8, 4) is 0 Å². The number of hydrogen-bond donors (Lipinski definition) is 2. The average Bonchev–Trinajstić information content (AvgIpc) is 2.36. The Balaban J connectivity index is 2.57. The first-order chi connectivity index (χ1) is 9.32. The molecule has 1 aromatic rings. The second-order valence-corrected chi connectivity index (χ2v) is 5.85. The molecular formula is C15H24ClN3O. The summed E-state index contributed by atoms with van der Waals surface area (Å²) in [5.41, 5.74) is 6.66. The summed E-state index contributed by atoms with van der Waals surface area (Å²) in [5, 5.41) is 3.40. The lowest BCUT2D eigenvalue weighted by molar-refractivity contribution is 0.0940. The van der Waals surface area contributed by atoms with Gasteiger partial charge in [0.1, 0.15) is 0 Å². The zero-order chi connectivity index (χ0) is 15.3. The van der Waals surface area contributed by atoms with Gasteiger partial charge < -0.3 is 11.1 Å². The number of carbonyl (C=O) groups excluding carboxylic acids is 1. The Labute approximate surface area is 126 Å². The minimum absolute atomic E-state index is 0.183. The molecule has 0 saturated heterocycles. The van der Waals surface area contributed by atoms with E-state index in [1.54, 1.807) is 18.2 Å². The Morgan fingerprint density at radius 3 is 2.45 bits per heavy atom. The third kappa shape index (κ3) is 4.69. The van der Waals surface area contributed by atoms with Crippen LogP contribution < -0.4 is 11.1 Å². The van der Waals surface area contributed by atoms with Gasteiger partial charge in [-0.25, -0.2) is 0 Å². The summed E-state index contributed by atoms with van der Waals surface area (Å²) < 4.78 is 0. The highest BCUT2D eigenvalue weighted by Gasteiger charge is 2.14. The predicted molar refractivity (Wildman–Crippen MR) is 85.2 cm³/mol. The summed E-state index contributed by atoms with van der Waals surface area (Å²) in [7, 11) is 0. The van der Waals surface area contributed by atoms with Crippen LogP contribution in [0.25, 0.3) is 0 Å². The number of nitrogens with two attached hydrogens (primary N) is 1. The molecule has 1 amide bonds. The quantitative estimate of drug-likeness (QED) is 0.794. The molecule has 0 heterocycles. The van der Waals surface area contributed by atoms with Crippen LogP contribution in [0.15, 0.2) is 18.2 Å². The summed E-state index contributed by atoms with van der Waals surface area (Å²) in [4.78, 5) is 14.4. The number of benzene rings is 1. The molecule has 0 bridgehead atoms. The number of nitrogens with one attached hydrogen (secondary N) is 1. The monoisotopic (exact) mass is 297 g/mol. The number of nitrogen functional groups attached to an aromatic ring is 1. The van der Waals surface area contributed by atoms with E-state index in [2.05, 4.69) is 37.9 Å². The normalized spacial score (nSPS) is 11.4. The van der Waals surface area contributed by atoms with Gasteiger partial charge in [0.25, 0.3) is 5.91 Å². The number of anilines is 1. The van der Waals surface area contributed by atoms with Gasteiger partial charge in [0.15, 0.2) is 0 Å². The van der Waals surface area contributed by atoms with Crippen LogP contribution in [-0.4, -0.2) is 36.0 Å². The lowest BCUT2D eigenvalue weighted by atomic mass is 10.1. The van der Waals surface area contributed by atoms with Gasteiger partial charge in [-0.1, -0.05) is 11.6 Å². The van der Waals surface area contributed by atoms with E-state index in [-0.39, 0.29) is 5.91 Å². The van der Waals surface area contributed by atoms with Crippen LogP contribution in [0.2, 0.25) is 5.02 Å². The van der Waals surface area contributed by atoms with E-state index in [0.717, 1.165) is 6.54 Å². The minimum Gasteiger partial charge on any atom is -0.398 e. The number of nitrogens with zero attached hydrogens (tertiary/aromatic N) is 1. The molecule has 0 unspecified atom stereocenters. The molecule has 112 valence electrons. The van der Waals surface area contributed by atoms with Crippen LogP contribution in [0, 0.1) is 0 Å². The first kappa shape index (κ1) is 16.8. The molecule has 0 radical (unpaired) electrons. The molecule has 0 aromatic heterocycles. The first-order valence-electron chi connectivity index (χ1n) is 6.92. The summed E-state index contributed by atoms with van der Waals surface area (Å²) in [5.74, 6) is -0.183. The molecule has 3 N–H and O–H groups in total. The van der Waals surface area contributed by atoms with E-state index in [1.807, 2.05) is 0 Å². The molecule has 20 heavy (non-hydrogen) atoms. The second-order valence-electron chi connectivity index (χ2n) is 5.41. The Bertz CT molecular complexity index is 452. The predicted octanol–water partition coefficient (Wildman–Crippen LogP) is 2.77. The number of rotatable bonds is 6. The fraction of sp³-hybridized carbons (Fsp3) is 0.533. The summed E-state index contributed by atoms with van der Waals surface area (Å²) in [6.07, 6.45) is 0. The van der Waals surface area contributed by atoms with Gasteiger partial charge in [-0.15, -0.1) is 0 Å². The van der Waals surface area contributed by atoms with Gasteiger partial charge in [-0.3, -0.25) is 9.69 Å². The summed E-state index contributed by atoms with van der Waals surface area (Å²) in [6, 6.07) is 5.81. The number of carbonyl (C=O) groups is 1. The molecule has 5 heteroatoms. The van der Waals surface area contributed by atoms with Crippen molar-refractivity contribution in [1.82, 2.24) is 10.2 Å². The molecule has 0 aliphatic heterocycles. The van der Waals surface area contributed by atoms with E-state index in [9.17, 15) is 4.79 Å². The highest BCUT2D eigenvalue weighted by molar-refractivity contribution is 6.31. The van der Waals surface area contributed by atoms with Gasteiger partial charge in [-0.2, -0.15) is 0 Å². The maximum Gasteiger partial charge on any atom is 0.253 e. The van der Waals surface area contributed by atoms with E-state index < -0.39 is 0 Å². The zero-order valence-corrected chi connectivity index (χ0v) is 13.4. The Morgan fingerprint density at radius 1 is 1.30 bits per heavy atom. The largest absolute Gasteiger partial charge is 0.398 e. The minimum atomic E-state index is -0.183. The van der Waals surface area contributed by atoms with Gasteiger partial charge in [-0.05, 0) is 45.9 Å². The lowest BCUT2D eigenvalue weighted by Gasteiger charge is -2.30. The molecule has 0 aliphatic rings. The van der Waals surface area contributed by atoms with E-state index in [0.29, 0.717) is 34.9 Å². The lowest BCUT2D eigenvalue weighted by Crippen LogP contribution is -2.42. The molecule has 0 aliphatic carbocycles. The maximum atomic E-state index is 12.1. The van der Waals surface area contributed by atoms with Crippen molar-refractivity contribution in [1.29, 1.82) is 0 Å². The van der Waals surface area contributed by atoms with Gasteiger partial charge in [0, 0.05) is 35.9 Å². The first-order valence-corrected chi connectivity index (χ1v) is 7.29. The zero-order valence-electron chi connectivity index (χ0n) is 12.6. The van der Waals surface area contributed by atoms with E-state index >= 15 is 0 Å². The van der Waals surface area contributed by atoms with E-state index in [1.165, 1.54) is 0 Å². The van der Waals surface area contributed by atoms with E-state index in [4.69, 9.17) is 17.3 Å². The van der Waals surface area contributed by atoms with Crippen molar-refractivity contribution in [2.45, 2.75) is 39.8 Å². The van der Waals surface area contributed by atoms with Gasteiger partial charge >= 0.3 is 0 Å². The van der Waals surface area contributed by atoms with Crippen molar-refractivity contribution < 1.29 is 4.79 Å². The Hall–Kier alpha value is -1.26. The van der Waals surface area contributed by atoms with Crippen LogP contribution in [-0.2, 0) is 0 Å². The van der Waals surface area contributed by atoms with Crippen LogP contribution in [0.3, 0.4) is 0 Å². The molecule has 4 nitrogen and oxygen atoms in total. The van der Waals surface area contributed by atoms with Gasteiger partial charge in [0.2, 0.25) is 0 Å². The molecule has 0 saturated carbocycles. The molecule has 1 rings (SSSR count). The molecule has 0 spiro atoms. The van der Waals surface area contributed by atoms with Crippen molar-refractivity contribution in [2.24, 2.45) is 0 Å². The number of halogens is 1. The smallest absolute Gasteiger partial charge is 0.253 e. The van der Waals surface area contributed by atoms with Crippen LogP contribution in [0.5, 0.6) is 0 Å². The maximum absolute atomic E-state index is 12.1. The van der Waals surface area contributed by atoms with Crippen molar-refractivity contribution >= 4 is 23.2 Å². The Kier molecular flexibility index (Phi) is 6.30. The average molecular weight is 298 g/mol. The summed E-state index contributed by atoms with van der Waals surface area (Å²) in [6.45, 7) is 9.99. The molecule has 0 atom stereocenters. The number of amides is 1. The highest BCUT2D eigenvalue weighted by atomic mass is 35.5. The molecule has 0 fully saturated rings. The fourth-order valence-electron chi connectivity index (χ4n) is 2.23. The van der Waals surface area contributed by atoms with Crippen molar-refractivity contribution in [3.05, 3.63) is 28.8 Å².